The third-order valence-electron chi connectivity index (χ3n) is 2.62. The first-order valence-corrected chi connectivity index (χ1v) is 4.65. The minimum absolute atomic E-state index is 0.00546. The van der Waals surface area contributed by atoms with Crippen molar-refractivity contribution in [3.8, 4) is 0 Å². The van der Waals surface area contributed by atoms with Gasteiger partial charge in [-0.3, -0.25) is 9.59 Å². The fourth-order valence-corrected chi connectivity index (χ4v) is 1.81. The van der Waals surface area contributed by atoms with Gasteiger partial charge in [0, 0.05) is 19.6 Å². The lowest BCUT2D eigenvalue weighted by Crippen LogP contribution is -2.34. The molecule has 0 aromatic heterocycles. The molecular formula is C9H13NO3. The molecule has 0 aliphatic carbocycles. The van der Waals surface area contributed by atoms with Crippen LogP contribution in [0.4, 0.5) is 0 Å². The van der Waals surface area contributed by atoms with Crippen molar-refractivity contribution in [2.24, 2.45) is 5.92 Å². The number of rotatable bonds is 1. The highest BCUT2D eigenvalue weighted by Gasteiger charge is 2.31. The standard InChI is InChI=1S/C9H13NO3/c11-8-1-3-10(5-8)9(12)7-2-4-13-6-7/h7H,1-6H2. The van der Waals surface area contributed by atoms with Crippen molar-refractivity contribution in [3.05, 3.63) is 0 Å². The third kappa shape index (κ3) is 1.72. The summed E-state index contributed by atoms with van der Waals surface area (Å²) in [6.45, 7) is 2.13. The van der Waals surface area contributed by atoms with Gasteiger partial charge in [-0.05, 0) is 6.42 Å². The first kappa shape index (κ1) is 8.69. The van der Waals surface area contributed by atoms with Gasteiger partial charge in [0.2, 0.25) is 5.91 Å². The highest BCUT2D eigenvalue weighted by molar-refractivity contribution is 5.90. The fraction of sp³-hybridized carbons (Fsp3) is 0.778. The number of ether oxygens (including phenoxy) is 1. The summed E-state index contributed by atoms with van der Waals surface area (Å²) in [7, 11) is 0. The van der Waals surface area contributed by atoms with E-state index in [9.17, 15) is 9.59 Å². The number of Topliss-reactive ketones (excluding diaryl/α,β-unsaturated/α-hetero) is 1. The molecule has 0 aromatic carbocycles. The molecule has 4 nitrogen and oxygen atoms in total. The maximum Gasteiger partial charge on any atom is 0.228 e. The van der Waals surface area contributed by atoms with Crippen molar-refractivity contribution in [2.45, 2.75) is 12.8 Å². The average molecular weight is 183 g/mol. The Bertz CT molecular complexity index is 233. The van der Waals surface area contributed by atoms with Gasteiger partial charge in [0.1, 0.15) is 0 Å². The summed E-state index contributed by atoms with van der Waals surface area (Å²) < 4.78 is 5.13. The number of likely N-dealkylation sites (tertiary alicyclic amines) is 1. The second-order valence-electron chi connectivity index (χ2n) is 3.61. The van der Waals surface area contributed by atoms with Crippen LogP contribution in [-0.2, 0) is 14.3 Å². The van der Waals surface area contributed by atoms with E-state index in [4.69, 9.17) is 4.74 Å². The van der Waals surface area contributed by atoms with E-state index in [1.807, 2.05) is 0 Å². The zero-order valence-electron chi connectivity index (χ0n) is 7.49. The summed E-state index contributed by atoms with van der Waals surface area (Å²) in [5.74, 6) is 0.279. The van der Waals surface area contributed by atoms with Crippen molar-refractivity contribution in [1.29, 1.82) is 0 Å². The molecule has 1 atom stereocenters. The molecule has 72 valence electrons. The SMILES string of the molecule is O=C1CCN(C(=O)C2CCOC2)C1. The number of carbonyl (C=O) groups is 2. The Morgan fingerprint density at radius 2 is 2.38 bits per heavy atom. The summed E-state index contributed by atoms with van der Waals surface area (Å²) in [4.78, 5) is 24.3. The molecule has 1 amide bonds. The van der Waals surface area contributed by atoms with Crippen LogP contribution in [0.2, 0.25) is 0 Å². The van der Waals surface area contributed by atoms with Crippen molar-refractivity contribution >= 4 is 11.7 Å². The highest BCUT2D eigenvalue weighted by Crippen LogP contribution is 2.17. The molecule has 0 radical (unpaired) electrons. The molecule has 0 saturated carbocycles. The van der Waals surface area contributed by atoms with Gasteiger partial charge in [0.05, 0.1) is 19.1 Å². The van der Waals surface area contributed by atoms with Gasteiger partial charge < -0.3 is 9.64 Å². The molecule has 2 heterocycles. The number of ketones is 1. The zero-order valence-corrected chi connectivity index (χ0v) is 7.49. The first-order valence-electron chi connectivity index (χ1n) is 4.65. The van der Waals surface area contributed by atoms with E-state index in [0.717, 1.165) is 6.42 Å². The van der Waals surface area contributed by atoms with Gasteiger partial charge in [0.25, 0.3) is 0 Å². The summed E-state index contributed by atoms with van der Waals surface area (Å²) in [6, 6.07) is 0. The van der Waals surface area contributed by atoms with E-state index >= 15 is 0 Å². The Hall–Kier alpha value is -0.900. The van der Waals surface area contributed by atoms with Crippen LogP contribution in [0.5, 0.6) is 0 Å². The van der Waals surface area contributed by atoms with Gasteiger partial charge in [-0.1, -0.05) is 0 Å². The predicted molar refractivity (Wildman–Crippen MR) is 45.1 cm³/mol. The normalized spacial score (nSPS) is 28.5. The monoisotopic (exact) mass is 183 g/mol. The third-order valence-corrected chi connectivity index (χ3v) is 2.62. The van der Waals surface area contributed by atoms with Gasteiger partial charge in [-0.25, -0.2) is 0 Å². The second kappa shape index (κ2) is 3.46. The molecule has 13 heavy (non-hydrogen) atoms. The molecule has 4 heteroatoms. The minimum atomic E-state index is 0.00546. The minimum Gasteiger partial charge on any atom is -0.381 e. The summed E-state index contributed by atoms with van der Waals surface area (Å²) in [6.07, 6.45) is 1.34. The van der Waals surface area contributed by atoms with Crippen LogP contribution in [0.1, 0.15) is 12.8 Å². The van der Waals surface area contributed by atoms with E-state index in [1.54, 1.807) is 4.90 Å². The molecule has 0 spiro atoms. The fourth-order valence-electron chi connectivity index (χ4n) is 1.81. The van der Waals surface area contributed by atoms with Crippen LogP contribution < -0.4 is 0 Å². The Balaban J connectivity index is 1.92. The average Bonchev–Trinajstić information content (AvgIpc) is 2.72. The van der Waals surface area contributed by atoms with Crippen LogP contribution in [0.15, 0.2) is 0 Å². The topological polar surface area (TPSA) is 46.6 Å². The molecular weight excluding hydrogens is 170 g/mol. The summed E-state index contributed by atoms with van der Waals surface area (Å²) >= 11 is 0. The number of amides is 1. The van der Waals surface area contributed by atoms with Crippen LogP contribution in [0.25, 0.3) is 0 Å². The maximum atomic E-state index is 11.7. The lowest BCUT2D eigenvalue weighted by atomic mass is 10.1. The van der Waals surface area contributed by atoms with Crippen LogP contribution in [-0.4, -0.2) is 42.9 Å². The van der Waals surface area contributed by atoms with Crippen molar-refractivity contribution in [2.75, 3.05) is 26.3 Å². The molecule has 2 saturated heterocycles. The Morgan fingerprint density at radius 1 is 1.54 bits per heavy atom. The van der Waals surface area contributed by atoms with E-state index in [0.29, 0.717) is 32.7 Å². The van der Waals surface area contributed by atoms with Crippen LogP contribution >= 0.6 is 0 Å². The predicted octanol–water partition coefficient (Wildman–Crippen LogP) is -0.176. The number of hydrogen-bond donors (Lipinski definition) is 0. The maximum absolute atomic E-state index is 11.7. The summed E-state index contributed by atoms with van der Waals surface area (Å²) in [5.41, 5.74) is 0. The van der Waals surface area contributed by atoms with Crippen molar-refractivity contribution in [1.82, 2.24) is 4.90 Å². The lowest BCUT2D eigenvalue weighted by molar-refractivity contribution is -0.135. The first-order chi connectivity index (χ1) is 6.27. The molecule has 0 bridgehead atoms. The van der Waals surface area contributed by atoms with E-state index in [2.05, 4.69) is 0 Å². The molecule has 2 aliphatic rings. The van der Waals surface area contributed by atoms with Crippen molar-refractivity contribution in [3.63, 3.8) is 0 Å². The van der Waals surface area contributed by atoms with Crippen LogP contribution in [0.3, 0.4) is 0 Å². The van der Waals surface area contributed by atoms with Gasteiger partial charge in [-0.15, -0.1) is 0 Å². The quantitative estimate of drug-likeness (QED) is 0.566. The van der Waals surface area contributed by atoms with E-state index < -0.39 is 0 Å². The Morgan fingerprint density at radius 3 is 2.92 bits per heavy atom. The summed E-state index contributed by atoms with van der Waals surface area (Å²) in [5, 5.41) is 0. The van der Waals surface area contributed by atoms with Gasteiger partial charge in [0.15, 0.2) is 5.78 Å². The molecule has 2 rings (SSSR count). The van der Waals surface area contributed by atoms with E-state index in [-0.39, 0.29) is 17.6 Å². The number of nitrogens with zero attached hydrogens (tertiary/aromatic N) is 1. The molecule has 0 N–H and O–H groups in total. The molecule has 1 unspecified atom stereocenters. The molecule has 2 aliphatic heterocycles. The van der Waals surface area contributed by atoms with E-state index in [1.165, 1.54) is 0 Å². The lowest BCUT2D eigenvalue weighted by Gasteiger charge is -2.17. The number of hydrogen-bond acceptors (Lipinski definition) is 3. The van der Waals surface area contributed by atoms with Crippen LogP contribution in [0, 0.1) is 5.92 Å². The Kier molecular flexibility index (Phi) is 2.31. The van der Waals surface area contributed by atoms with Crippen molar-refractivity contribution < 1.29 is 14.3 Å². The second-order valence-corrected chi connectivity index (χ2v) is 3.61. The smallest absolute Gasteiger partial charge is 0.228 e. The van der Waals surface area contributed by atoms with Gasteiger partial charge in [-0.2, -0.15) is 0 Å². The molecule has 0 aromatic rings. The zero-order chi connectivity index (χ0) is 9.26. The highest BCUT2D eigenvalue weighted by atomic mass is 16.5. The van der Waals surface area contributed by atoms with Gasteiger partial charge >= 0.3 is 0 Å². The molecule has 2 fully saturated rings. The Labute approximate surface area is 76.8 Å². The largest absolute Gasteiger partial charge is 0.381 e. The number of carbonyl (C=O) groups excluding carboxylic acids is 2.